The van der Waals surface area contributed by atoms with E-state index in [1.807, 2.05) is 23.1 Å². The average molecular weight is 521 g/mol. The molecule has 1 aliphatic carbocycles. The predicted molar refractivity (Wildman–Crippen MR) is 124 cm³/mol. The SMILES string of the molecule is CN=C(NCc1ccccc1OC1CCCC1)N1CCS(=O)(=O)C(C)(C)C1.I. The van der Waals surface area contributed by atoms with E-state index in [9.17, 15) is 8.42 Å². The van der Waals surface area contributed by atoms with Crippen molar-refractivity contribution in [2.24, 2.45) is 4.99 Å². The zero-order valence-electron chi connectivity index (χ0n) is 17.0. The van der Waals surface area contributed by atoms with Crippen molar-refractivity contribution in [3.63, 3.8) is 0 Å². The fourth-order valence-electron chi connectivity index (χ4n) is 3.78. The summed E-state index contributed by atoms with van der Waals surface area (Å²) in [5.41, 5.74) is 1.09. The molecule has 1 heterocycles. The number of ether oxygens (including phenoxy) is 1. The van der Waals surface area contributed by atoms with Gasteiger partial charge in [0.1, 0.15) is 5.75 Å². The van der Waals surface area contributed by atoms with Crippen LogP contribution in [-0.4, -0.2) is 56.0 Å². The molecular weight excluding hydrogens is 489 g/mol. The normalized spacial score (nSPS) is 21.8. The van der Waals surface area contributed by atoms with Crippen molar-refractivity contribution in [1.82, 2.24) is 10.2 Å². The number of nitrogens with one attached hydrogen (secondary N) is 1. The number of sulfone groups is 1. The molecule has 2 fully saturated rings. The van der Waals surface area contributed by atoms with E-state index in [1.54, 1.807) is 20.9 Å². The average Bonchev–Trinajstić information content (AvgIpc) is 3.13. The van der Waals surface area contributed by atoms with Crippen LogP contribution in [0.5, 0.6) is 5.75 Å². The van der Waals surface area contributed by atoms with Crippen molar-refractivity contribution in [2.75, 3.05) is 25.9 Å². The lowest BCUT2D eigenvalue weighted by atomic mass is 10.2. The van der Waals surface area contributed by atoms with Crippen molar-refractivity contribution in [3.05, 3.63) is 29.8 Å². The van der Waals surface area contributed by atoms with Crippen LogP contribution in [0.1, 0.15) is 45.1 Å². The van der Waals surface area contributed by atoms with Crippen LogP contribution in [0.2, 0.25) is 0 Å². The third-order valence-electron chi connectivity index (χ3n) is 5.56. The van der Waals surface area contributed by atoms with Crippen molar-refractivity contribution in [2.45, 2.75) is 56.9 Å². The summed E-state index contributed by atoms with van der Waals surface area (Å²) in [5, 5.41) is 3.39. The Balaban J connectivity index is 0.00000280. The molecule has 1 saturated heterocycles. The van der Waals surface area contributed by atoms with Crippen LogP contribution in [0.15, 0.2) is 29.3 Å². The van der Waals surface area contributed by atoms with Crippen LogP contribution in [0, 0.1) is 0 Å². The summed E-state index contributed by atoms with van der Waals surface area (Å²) in [5.74, 6) is 1.81. The van der Waals surface area contributed by atoms with Crippen LogP contribution in [0.4, 0.5) is 0 Å². The number of para-hydroxylation sites is 1. The highest BCUT2D eigenvalue weighted by Crippen LogP contribution is 2.27. The Morgan fingerprint density at radius 2 is 1.96 bits per heavy atom. The van der Waals surface area contributed by atoms with Crippen molar-refractivity contribution in [3.8, 4) is 5.75 Å². The van der Waals surface area contributed by atoms with Gasteiger partial charge in [-0.15, -0.1) is 24.0 Å². The molecule has 0 atom stereocenters. The third kappa shape index (κ3) is 5.31. The molecule has 0 bridgehead atoms. The fourth-order valence-corrected chi connectivity index (χ4v) is 5.15. The highest BCUT2D eigenvalue weighted by Gasteiger charge is 2.40. The van der Waals surface area contributed by atoms with Gasteiger partial charge in [0, 0.05) is 32.2 Å². The van der Waals surface area contributed by atoms with E-state index < -0.39 is 14.6 Å². The van der Waals surface area contributed by atoms with Gasteiger partial charge >= 0.3 is 0 Å². The summed E-state index contributed by atoms with van der Waals surface area (Å²) in [7, 11) is -1.33. The molecule has 1 aromatic carbocycles. The molecule has 6 nitrogen and oxygen atoms in total. The Morgan fingerprint density at radius 3 is 2.61 bits per heavy atom. The number of hydrogen-bond acceptors (Lipinski definition) is 4. The van der Waals surface area contributed by atoms with Gasteiger partial charge in [-0.25, -0.2) is 8.42 Å². The molecule has 8 heteroatoms. The van der Waals surface area contributed by atoms with Crippen molar-refractivity contribution >= 4 is 39.8 Å². The molecule has 1 aromatic rings. The second kappa shape index (κ2) is 9.65. The standard InChI is InChI=1S/C20H31N3O3S.HI/c1-20(2)15-23(12-13-27(20,24)25)19(21-3)22-14-16-8-4-7-11-18(16)26-17-9-5-6-10-17;/h4,7-8,11,17H,5-6,9-10,12-15H2,1-3H3,(H,21,22);1H. The quantitative estimate of drug-likeness (QED) is 0.375. The van der Waals surface area contributed by atoms with Crippen LogP contribution >= 0.6 is 24.0 Å². The fraction of sp³-hybridized carbons (Fsp3) is 0.650. The number of nitrogens with zero attached hydrogens (tertiary/aromatic N) is 2. The Bertz CT molecular complexity index is 790. The summed E-state index contributed by atoms with van der Waals surface area (Å²) >= 11 is 0. The first kappa shape index (κ1) is 23.3. The van der Waals surface area contributed by atoms with E-state index in [-0.39, 0.29) is 29.7 Å². The highest BCUT2D eigenvalue weighted by atomic mass is 127. The minimum absolute atomic E-state index is 0. The van der Waals surface area contributed by atoms with E-state index in [1.165, 1.54) is 12.8 Å². The van der Waals surface area contributed by atoms with Gasteiger partial charge < -0.3 is 15.0 Å². The third-order valence-corrected chi connectivity index (χ3v) is 8.09. The van der Waals surface area contributed by atoms with Gasteiger partial charge in [-0.05, 0) is 45.6 Å². The van der Waals surface area contributed by atoms with Crippen LogP contribution in [0.3, 0.4) is 0 Å². The van der Waals surface area contributed by atoms with E-state index >= 15 is 0 Å². The number of benzene rings is 1. The predicted octanol–water partition coefficient (Wildman–Crippen LogP) is 3.21. The largest absolute Gasteiger partial charge is 0.490 e. The van der Waals surface area contributed by atoms with Gasteiger partial charge in [0.05, 0.1) is 16.6 Å². The maximum absolute atomic E-state index is 12.2. The van der Waals surface area contributed by atoms with Gasteiger partial charge in [-0.3, -0.25) is 4.99 Å². The van der Waals surface area contributed by atoms with Gasteiger partial charge in [0.2, 0.25) is 0 Å². The van der Waals surface area contributed by atoms with E-state index in [2.05, 4.69) is 16.4 Å². The molecule has 28 heavy (non-hydrogen) atoms. The lowest BCUT2D eigenvalue weighted by Gasteiger charge is -2.39. The first-order valence-electron chi connectivity index (χ1n) is 9.75. The molecule has 1 N–H and O–H groups in total. The molecule has 0 unspecified atom stereocenters. The number of hydrogen-bond donors (Lipinski definition) is 1. The monoisotopic (exact) mass is 521 g/mol. The Labute approximate surface area is 186 Å². The lowest BCUT2D eigenvalue weighted by Crippen LogP contribution is -2.57. The maximum atomic E-state index is 12.2. The van der Waals surface area contributed by atoms with E-state index in [4.69, 9.17) is 4.74 Å². The molecule has 0 spiro atoms. The number of guanidine groups is 1. The molecular formula is C20H32IN3O3S. The molecule has 0 radical (unpaired) electrons. The van der Waals surface area contributed by atoms with Crippen LogP contribution in [-0.2, 0) is 16.4 Å². The van der Waals surface area contributed by atoms with Crippen LogP contribution < -0.4 is 10.1 Å². The summed E-state index contributed by atoms with van der Waals surface area (Å²) in [6.45, 7) is 5.07. The molecule has 2 aliphatic rings. The first-order valence-corrected chi connectivity index (χ1v) is 11.4. The summed E-state index contributed by atoms with van der Waals surface area (Å²) in [6, 6.07) is 8.10. The van der Waals surface area contributed by atoms with E-state index in [0.29, 0.717) is 25.7 Å². The summed E-state index contributed by atoms with van der Waals surface area (Å²) in [4.78, 5) is 6.40. The number of rotatable bonds is 4. The van der Waals surface area contributed by atoms with Gasteiger partial charge in [0.25, 0.3) is 0 Å². The smallest absolute Gasteiger partial charge is 0.193 e. The van der Waals surface area contributed by atoms with Crippen molar-refractivity contribution < 1.29 is 13.2 Å². The molecule has 158 valence electrons. The highest BCUT2D eigenvalue weighted by molar-refractivity contribution is 14.0. The van der Waals surface area contributed by atoms with Gasteiger partial charge in [0.15, 0.2) is 15.8 Å². The summed E-state index contributed by atoms with van der Waals surface area (Å²) < 4.78 is 29.9. The minimum Gasteiger partial charge on any atom is -0.490 e. The zero-order chi connectivity index (χ0) is 19.5. The van der Waals surface area contributed by atoms with Gasteiger partial charge in [-0.1, -0.05) is 18.2 Å². The molecule has 1 aliphatic heterocycles. The molecule has 3 rings (SSSR count). The topological polar surface area (TPSA) is 71.0 Å². The Kier molecular flexibility index (Phi) is 8.01. The second-order valence-electron chi connectivity index (χ2n) is 8.03. The number of halogens is 1. The lowest BCUT2D eigenvalue weighted by molar-refractivity contribution is 0.207. The Morgan fingerprint density at radius 1 is 1.29 bits per heavy atom. The Hall–Kier alpha value is -1.03. The maximum Gasteiger partial charge on any atom is 0.193 e. The van der Waals surface area contributed by atoms with Crippen molar-refractivity contribution in [1.29, 1.82) is 0 Å². The van der Waals surface area contributed by atoms with Gasteiger partial charge in [-0.2, -0.15) is 0 Å². The minimum atomic E-state index is -3.07. The molecule has 1 saturated carbocycles. The van der Waals surface area contributed by atoms with E-state index in [0.717, 1.165) is 30.1 Å². The zero-order valence-corrected chi connectivity index (χ0v) is 20.1. The molecule has 0 amide bonds. The second-order valence-corrected chi connectivity index (χ2v) is 10.8. The van der Waals surface area contributed by atoms with Crippen LogP contribution in [0.25, 0.3) is 0 Å². The number of aliphatic imine (C=N–C) groups is 1. The molecule has 0 aromatic heterocycles. The summed E-state index contributed by atoms with van der Waals surface area (Å²) in [6.07, 6.45) is 5.05. The first-order chi connectivity index (χ1) is 12.8.